The SMILES string of the molecule is Cc1c(C(=O)N2CCC(C)(C(=O)O)C2)nnn1-c1ccc(-c2ccccc2)cc1. The molecule has 0 bridgehead atoms. The molecule has 0 saturated carbocycles. The van der Waals surface area contributed by atoms with Crippen molar-refractivity contribution in [3.8, 4) is 16.8 Å². The van der Waals surface area contributed by atoms with Gasteiger partial charge < -0.3 is 10.0 Å². The maximum Gasteiger partial charge on any atom is 0.311 e. The Labute approximate surface area is 168 Å². The Balaban J connectivity index is 1.56. The number of aliphatic carboxylic acids is 1. The van der Waals surface area contributed by atoms with Gasteiger partial charge in [0.05, 0.1) is 16.8 Å². The minimum absolute atomic E-state index is 0.180. The molecule has 1 aliphatic rings. The van der Waals surface area contributed by atoms with Gasteiger partial charge in [-0.2, -0.15) is 0 Å². The fraction of sp³-hybridized carbons (Fsp3) is 0.273. The number of carbonyl (C=O) groups excluding carboxylic acids is 1. The topological polar surface area (TPSA) is 88.3 Å². The van der Waals surface area contributed by atoms with Crippen LogP contribution in [-0.4, -0.2) is 50.0 Å². The number of hydrogen-bond donors (Lipinski definition) is 1. The first-order valence-corrected chi connectivity index (χ1v) is 9.50. The van der Waals surface area contributed by atoms with Gasteiger partial charge in [0.1, 0.15) is 0 Å². The molecular formula is C22H22N4O3. The van der Waals surface area contributed by atoms with E-state index in [2.05, 4.69) is 10.3 Å². The van der Waals surface area contributed by atoms with Gasteiger partial charge in [0.2, 0.25) is 0 Å². The maximum atomic E-state index is 12.9. The second-order valence-electron chi connectivity index (χ2n) is 7.69. The molecule has 1 atom stereocenters. The van der Waals surface area contributed by atoms with Crippen LogP contribution in [0.4, 0.5) is 0 Å². The lowest BCUT2D eigenvalue weighted by molar-refractivity contribution is -0.147. The van der Waals surface area contributed by atoms with E-state index in [-0.39, 0.29) is 18.1 Å². The summed E-state index contributed by atoms with van der Waals surface area (Å²) in [6, 6.07) is 18.0. The van der Waals surface area contributed by atoms with Crippen molar-refractivity contribution in [2.75, 3.05) is 13.1 Å². The Kier molecular flexibility index (Phi) is 4.66. The van der Waals surface area contributed by atoms with Crippen LogP contribution in [0, 0.1) is 12.3 Å². The van der Waals surface area contributed by atoms with Gasteiger partial charge in [0, 0.05) is 13.1 Å². The summed E-state index contributed by atoms with van der Waals surface area (Å²) in [5.41, 5.74) is 3.00. The van der Waals surface area contributed by atoms with E-state index >= 15 is 0 Å². The highest BCUT2D eigenvalue weighted by atomic mass is 16.4. The van der Waals surface area contributed by atoms with Crippen LogP contribution < -0.4 is 0 Å². The molecule has 7 heteroatoms. The molecule has 2 heterocycles. The average Bonchev–Trinajstić information content (AvgIpc) is 3.32. The predicted octanol–water partition coefficient (Wildman–Crippen LogP) is 3.18. The predicted molar refractivity (Wildman–Crippen MR) is 108 cm³/mol. The van der Waals surface area contributed by atoms with E-state index in [4.69, 9.17) is 0 Å². The number of carboxylic acids is 1. The van der Waals surface area contributed by atoms with Crippen molar-refractivity contribution >= 4 is 11.9 Å². The number of nitrogens with zero attached hydrogens (tertiary/aromatic N) is 4. The second kappa shape index (κ2) is 7.16. The van der Waals surface area contributed by atoms with E-state index in [1.54, 1.807) is 23.4 Å². The lowest BCUT2D eigenvalue weighted by Gasteiger charge is -2.19. The quantitative estimate of drug-likeness (QED) is 0.739. The zero-order valence-electron chi connectivity index (χ0n) is 16.4. The van der Waals surface area contributed by atoms with Crippen molar-refractivity contribution in [3.63, 3.8) is 0 Å². The van der Waals surface area contributed by atoms with Crippen LogP contribution in [-0.2, 0) is 4.79 Å². The Morgan fingerprint density at radius 1 is 1.03 bits per heavy atom. The molecule has 1 aliphatic heterocycles. The summed E-state index contributed by atoms with van der Waals surface area (Å²) in [4.78, 5) is 25.9. The summed E-state index contributed by atoms with van der Waals surface area (Å²) in [6.45, 7) is 4.05. The summed E-state index contributed by atoms with van der Waals surface area (Å²) >= 11 is 0. The summed E-state index contributed by atoms with van der Waals surface area (Å²) in [7, 11) is 0. The molecule has 1 N–H and O–H groups in total. The molecule has 7 nitrogen and oxygen atoms in total. The molecule has 0 aliphatic carbocycles. The Bertz CT molecular complexity index is 1060. The van der Waals surface area contributed by atoms with Crippen LogP contribution in [0.3, 0.4) is 0 Å². The molecule has 1 unspecified atom stereocenters. The molecule has 1 fully saturated rings. The number of hydrogen-bond acceptors (Lipinski definition) is 4. The zero-order chi connectivity index (χ0) is 20.6. The number of amides is 1. The number of aromatic nitrogens is 3. The molecule has 3 aromatic rings. The van der Waals surface area contributed by atoms with Crippen LogP contribution in [0.5, 0.6) is 0 Å². The first-order valence-electron chi connectivity index (χ1n) is 9.50. The maximum absolute atomic E-state index is 12.9. The monoisotopic (exact) mass is 390 g/mol. The molecule has 0 spiro atoms. The van der Waals surface area contributed by atoms with Crippen LogP contribution >= 0.6 is 0 Å². The third kappa shape index (κ3) is 3.40. The van der Waals surface area contributed by atoms with E-state index < -0.39 is 11.4 Å². The highest BCUT2D eigenvalue weighted by molar-refractivity contribution is 5.94. The van der Waals surface area contributed by atoms with E-state index in [0.717, 1.165) is 16.8 Å². The van der Waals surface area contributed by atoms with Gasteiger partial charge in [-0.05, 0) is 43.5 Å². The molecule has 2 aromatic carbocycles. The highest BCUT2D eigenvalue weighted by Crippen LogP contribution is 2.31. The first-order chi connectivity index (χ1) is 13.9. The van der Waals surface area contributed by atoms with Gasteiger partial charge in [-0.15, -0.1) is 5.10 Å². The third-order valence-corrected chi connectivity index (χ3v) is 5.59. The van der Waals surface area contributed by atoms with Gasteiger partial charge in [-0.3, -0.25) is 9.59 Å². The van der Waals surface area contributed by atoms with Crippen molar-refractivity contribution in [1.29, 1.82) is 0 Å². The van der Waals surface area contributed by atoms with Crippen LogP contribution in [0.15, 0.2) is 54.6 Å². The number of carbonyl (C=O) groups is 2. The lowest BCUT2D eigenvalue weighted by Crippen LogP contribution is -2.35. The van der Waals surface area contributed by atoms with Gasteiger partial charge in [-0.1, -0.05) is 47.7 Å². The smallest absolute Gasteiger partial charge is 0.311 e. The van der Waals surface area contributed by atoms with Gasteiger partial charge in [-0.25, -0.2) is 4.68 Å². The molecule has 1 saturated heterocycles. The van der Waals surface area contributed by atoms with Crippen molar-refractivity contribution in [1.82, 2.24) is 19.9 Å². The fourth-order valence-corrected chi connectivity index (χ4v) is 3.66. The number of rotatable bonds is 4. The van der Waals surface area contributed by atoms with Crippen LogP contribution in [0.1, 0.15) is 29.5 Å². The van der Waals surface area contributed by atoms with Crippen molar-refractivity contribution in [2.24, 2.45) is 5.41 Å². The minimum Gasteiger partial charge on any atom is -0.481 e. The summed E-state index contributed by atoms with van der Waals surface area (Å²) < 4.78 is 1.63. The van der Waals surface area contributed by atoms with E-state index in [9.17, 15) is 14.7 Å². The normalized spacial score (nSPS) is 18.8. The van der Waals surface area contributed by atoms with Crippen molar-refractivity contribution in [2.45, 2.75) is 20.3 Å². The molecule has 148 valence electrons. The largest absolute Gasteiger partial charge is 0.481 e. The fourth-order valence-electron chi connectivity index (χ4n) is 3.66. The molecule has 29 heavy (non-hydrogen) atoms. The molecule has 1 aromatic heterocycles. The van der Waals surface area contributed by atoms with Crippen LogP contribution in [0.25, 0.3) is 16.8 Å². The number of likely N-dealkylation sites (tertiary alicyclic amines) is 1. The lowest BCUT2D eigenvalue weighted by atomic mass is 9.90. The highest BCUT2D eigenvalue weighted by Gasteiger charge is 2.43. The third-order valence-electron chi connectivity index (χ3n) is 5.59. The minimum atomic E-state index is -0.910. The number of carboxylic acid groups (broad SMARTS) is 1. The van der Waals surface area contributed by atoms with Crippen molar-refractivity contribution in [3.05, 3.63) is 66.0 Å². The van der Waals surface area contributed by atoms with E-state index in [0.29, 0.717) is 18.7 Å². The average molecular weight is 390 g/mol. The molecular weight excluding hydrogens is 368 g/mol. The Morgan fingerprint density at radius 3 is 2.31 bits per heavy atom. The Morgan fingerprint density at radius 2 is 1.69 bits per heavy atom. The number of benzene rings is 2. The molecule has 0 radical (unpaired) electrons. The summed E-state index contributed by atoms with van der Waals surface area (Å²) in [5.74, 6) is -1.16. The van der Waals surface area contributed by atoms with Crippen molar-refractivity contribution < 1.29 is 14.7 Å². The van der Waals surface area contributed by atoms with Gasteiger partial charge >= 0.3 is 5.97 Å². The van der Waals surface area contributed by atoms with Gasteiger partial charge in [0.15, 0.2) is 5.69 Å². The second-order valence-corrected chi connectivity index (χ2v) is 7.69. The zero-order valence-corrected chi connectivity index (χ0v) is 16.4. The Hall–Kier alpha value is -3.48. The summed E-state index contributed by atoms with van der Waals surface area (Å²) in [5, 5.41) is 17.6. The molecule has 1 amide bonds. The first kappa shape index (κ1) is 18.9. The van der Waals surface area contributed by atoms with E-state index in [1.165, 1.54) is 0 Å². The van der Waals surface area contributed by atoms with Gasteiger partial charge in [0.25, 0.3) is 5.91 Å². The van der Waals surface area contributed by atoms with Crippen LogP contribution in [0.2, 0.25) is 0 Å². The summed E-state index contributed by atoms with van der Waals surface area (Å²) in [6.07, 6.45) is 0.433. The van der Waals surface area contributed by atoms with E-state index in [1.807, 2.05) is 54.6 Å². The standard InChI is InChI=1S/C22H22N4O3/c1-15-19(20(27)25-13-12-22(2,14-25)21(28)29)23-24-26(15)18-10-8-17(9-11-18)16-6-4-3-5-7-16/h3-11H,12-14H2,1-2H3,(H,28,29). The molecule has 4 rings (SSSR count).